The van der Waals surface area contributed by atoms with Gasteiger partial charge in [-0.25, -0.2) is 0 Å². The van der Waals surface area contributed by atoms with Crippen molar-refractivity contribution in [2.24, 2.45) is 0 Å². The highest BCUT2D eigenvalue weighted by Crippen LogP contribution is 2.06. The van der Waals surface area contributed by atoms with Crippen LogP contribution < -0.4 is 10.6 Å². The van der Waals surface area contributed by atoms with E-state index < -0.39 is 0 Å². The molecule has 2 aromatic carbocycles. The summed E-state index contributed by atoms with van der Waals surface area (Å²) in [6.07, 6.45) is 5.08. The highest BCUT2D eigenvalue weighted by Gasteiger charge is 2.05. The van der Waals surface area contributed by atoms with Crippen molar-refractivity contribution in [2.45, 2.75) is 12.8 Å². The first kappa shape index (κ1) is 19.2. The predicted molar refractivity (Wildman–Crippen MR) is 107 cm³/mol. The number of hydrogen-bond acceptors (Lipinski definition) is 2. The van der Waals surface area contributed by atoms with Gasteiger partial charge in [0.25, 0.3) is 11.8 Å². The Morgan fingerprint density at radius 2 is 1.04 bits per heavy atom. The molecule has 0 fully saturated rings. The Labute approximate surface area is 154 Å². The average Bonchev–Trinajstić information content (AvgIpc) is 2.70. The molecule has 2 amide bonds. The number of rotatable bonds is 9. The van der Waals surface area contributed by atoms with Crippen molar-refractivity contribution in [1.29, 1.82) is 0 Å². The minimum Gasteiger partial charge on any atom is -0.352 e. The summed E-state index contributed by atoms with van der Waals surface area (Å²) in [6.45, 7) is 8.53. The molecule has 0 spiro atoms. The molecule has 0 aliphatic heterocycles. The third-order valence-electron chi connectivity index (χ3n) is 3.99. The average molecular weight is 348 g/mol. The van der Waals surface area contributed by atoms with E-state index in [-0.39, 0.29) is 11.8 Å². The Morgan fingerprint density at radius 1 is 0.692 bits per heavy atom. The zero-order valence-electron chi connectivity index (χ0n) is 14.8. The molecule has 0 bridgehead atoms. The van der Waals surface area contributed by atoms with Crippen LogP contribution in [0.5, 0.6) is 0 Å². The van der Waals surface area contributed by atoms with E-state index in [0.29, 0.717) is 24.2 Å². The predicted octanol–water partition coefficient (Wildman–Crippen LogP) is 3.91. The monoisotopic (exact) mass is 348 g/mol. The zero-order chi connectivity index (χ0) is 18.8. The topological polar surface area (TPSA) is 58.2 Å². The SMILES string of the molecule is C=Cc1ccc(C(=O)NCCCCNC(=O)c2ccc(C=C)cc2)cc1. The number of hydrogen-bond donors (Lipinski definition) is 2. The van der Waals surface area contributed by atoms with Gasteiger partial charge in [-0.2, -0.15) is 0 Å². The van der Waals surface area contributed by atoms with Crippen molar-refractivity contribution in [3.8, 4) is 0 Å². The summed E-state index contributed by atoms with van der Waals surface area (Å²) >= 11 is 0. The van der Waals surface area contributed by atoms with E-state index >= 15 is 0 Å². The lowest BCUT2D eigenvalue weighted by atomic mass is 10.1. The van der Waals surface area contributed by atoms with Crippen LogP contribution in [-0.4, -0.2) is 24.9 Å². The Balaban J connectivity index is 1.63. The second-order valence-corrected chi connectivity index (χ2v) is 5.87. The van der Waals surface area contributed by atoms with Crippen LogP contribution in [-0.2, 0) is 0 Å². The first-order valence-corrected chi connectivity index (χ1v) is 8.65. The van der Waals surface area contributed by atoms with Gasteiger partial charge in [0.15, 0.2) is 0 Å². The van der Waals surface area contributed by atoms with Gasteiger partial charge in [0, 0.05) is 24.2 Å². The molecule has 4 nitrogen and oxygen atoms in total. The third-order valence-corrected chi connectivity index (χ3v) is 3.99. The van der Waals surface area contributed by atoms with E-state index in [1.165, 1.54) is 0 Å². The minimum absolute atomic E-state index is 0.0908. The molecule has 26 heavy (non-hydrogen) atoms. The van der Waals surface area contributed by atoms with Crippen LogP contribution in [0.3, 0.4) is 0 Å². The van der Waals surface area contributed by atoms with E-state index in [2.05, 4.69) is 23.8 Å². The van der Waals surface area contributed by atoms with Crippen LogP contribution in [0.2, 0.25) is 0 Å². The molecule has 2 rings (SSSR count). The van der Waals surface area contributed by atoms with Crippen LogP contribution in [0.1, 0.15) is 44.7 Å². The molecular weight excluding hydrogens is 324 g/mol. The smallest absolute Gasteiger partial charge is 0.251 e. The summed E-state index contributed by atoms with van der Waals surface area (Å²) in [4.78, 5) is 24.0. The third kappa shape index (κ3) is 5.74. The lowest BCUT2D eigenvalue weighted by Crippen LogP contribution is -2.27. The van der Waals surface area contributed by atoms with Gasteiger partial charge < -0.3 is 10.6 Å². The molecule has 134 valence electrons. The fraction of sp³-hybridized carbons (Fsp3) is 0.182. The lowest BCUT2D eigenvalue weighted by Gasteiger charge is -2.07. The summed E-state index contributed by atoms with van der Waals surface area (Å²) in [5, 5.41) is 5.76. The van der Waals surface area contributed by atoms with E-state index in [4.69, 9.17) is 0 Å². The van der Waals surface area contributed by atoms with Gasteiger partial charge in [0.1, 0.15) is 0 Å². The molecule has 0 unspecified atom stereocenters. The molecule has 2 N–H and O–H groups in total. The highest BCUT2D eigenvalue weighted by atomic mass is 16.2. The maximum atomic E-state index is 12.0. The van der Waals surface area contributed by atoms with Crippen molar-refractivity contribution < 1.29 is 9.59 Å². The normalized spacial score (nSPS) is 10.0. The summed E-state index contributed by atoms with van der Waals surface area (Å²) in [7, 11) is 0. The van der Waals surface area contributed by atoms with Crippen LogP contribution in [0.4, 0.5) is 0 Å². The van der Waals surface area contributed by atoms with Crippen LogP contribution >= 0.6 is 0 Å². The number of nitrogens with one attached hydrogen (secondary N) is 2. The first-order chi connectivity index (χ1) is 12.6. The van der Waals surface area contributed by atoms with Gasteiger partial charge in [0.2, 0.25) is 0 Å². The van der Waals surface area contributed by atoms with Gasteiger partial charge in [-0.1, -0.05) is 49.6 Å². The Kier molecular flexibility index (Phi) is 7.37. The molecule has 0 aliphatic rings. The quantitative estimate of drug-likeness (QED) is 0.675. The zero-order valence-corrected chi connectivity index (χ0v) is 14.8. The van der Waals surface area contributed by atoms with Crippen molar-refractivity contribution in [1.82, 2.24) is 10.6 Å². The molecule has 0 radical (unpaired) electrons. The number of unbranched alkanes of at least 4 members (excludes halogenated alkanes) is 1. The molecule has 2 aromatic rings. The second kappa shape index (κ2) is 9.99. The number of carbonyl (C=O) groups is 2. The van der Waals surface area contributed by atoms with Gasteiger partial charge in [-0.3, -0.25) is 9.59 Å². The second-order valence-electron chi connectivity index (χ2n) is 5.87. The van der Waals surface area contributed by atoms with Gasteiger partial charge in [0.05, 0.1) is 0 Å². The van der Waals surface area contributed by atoms with Crippen LogP contribution in [0, 0.1) is 0 Å². The molecular formula is C22H24N2O2. The fourth-order valence-electron chi connectivity index (χ4n) is 2.40. The molecule has 0 aromatic heterocycles. The summed E-state index contributed by atoms with van der Waals surface area (Å²) in [5.41, 5.74) is 3.23. The fourth-order valence-corrected chi connectivity index (χ4v) is 2.40. The maximum Gasteiger partial charge on any atom is 0.251 e. The standard InChI is InChI=1S/C22H24N2O2/c1-3-17-7-11-19(12-8-17)21(25)23-15-5-6-16-24-22(26)20-13-9-18(4-2)10-14-20/h3-4,7-14H,1-2,5-6,15-16H2,(H,23,25)(H,24,26). The minimum atomic E-state index is -0.0908. The van der Waals surface area contributed by atoms with Crippen molar-refractivity contribution in [2.75, 3.05) is 13.1 Å². The van der Waals surface area contributed by atoms with E-state index in [1.807, 2.05) is 24.3 Å². The molecule has 0 saturated heterocycles. The van der Waals surface area contributed by atoms with Crippen molar-refractivity contribution >= 4 is 24.0 Å². The maximum absolute atomic E-state index is 12.0. The van der Waals surface area contributed by atoms with Crippen LogP contribution in [0.25, 0.3) is 12.2 Å². The number of amides is 2. The van der Waals surface area contributed by atoms with E-state index in [1.54, 1.807) is 36.4 Å². The van der Waals surface area contributed by atoms with Gasteiger partial charge >= 0.3 is 0 Å². The van der Waals surface area contributed by atoms with E-state index in [9.17, 15) is 9.59 Å². The Hall–Kier alpha value is -3.14. The largest absolute Gasteiger partial charge is 0.352 e. The van der Waals surface area contributed by atoms with Crippen molar-refractivity contribution in [3.05, 3.63) is 83.9 Å². The summed E-state index contributed by atoms with van der Waals surface area (Å²) in [5.74, 6) is -0.182. The Bertz CT molecular complexity index is 694. The van der Waals surface area contributed by atoms with Gasteiger partial charge in [-0.15, -0.1) is 0 Å². The van der Waals surface area contributed by atoms with Crippen molar-refractivity contribution in [3.63, 3.8) is 0 Å². The van der Waals surface area contributed by atoms with Crippen LogP contribution in [0.15, 0.2) is 61.7 Å². The molecule has 4 heteroatoms. The molecule has 0 saturated carbocycles. The lowest BCUT2D eigenvalue weighted by molar-refractivity contribution is 0.0939. The highest BCUT2D eigenvalue weighted by molar-refractivity contribution is 5.94. The molecule has 0 aliphatic carbocycles. The molecule has 0 atom stereocenters. The Morgan fingerprint density at radius 3 is 1.35 bits per heavy atom. The molecule has 0 heterocycles. The first-order valence-electron chi connectivity index (χ1n) is 8.65. The van der Waals surface area contributed by atoms with E-state index in [0.717, 1.165) is 24.0 Å². The summed E-state index contributed by atoms with van der Waals surface area (Å²) in [6, 6.07) is 14.6. The summed E-state index contributed by atoms with van der Waals surface area (Å²) < 4.78 is 0. The number of carbonyl (C=O) groups excluding carboxylic acids is 2. The number of benzene rings is 2. The van der Waals surface area contributed by atoms with Gasteiger partial charge in [-0.05, 0) is 48.2 Å².